The summed E-state index contributed by atoms with van der Waals surface area (Å²) in [6.07, 6.45) is 0. The molecule has 0 aliphatic heterocycles. The lowest BCUT2D eigenvalue weighted by Gasteiger charge is -2.19. The minimum absolute atomic E-state index is 0.244. The quantitative estimate of drug-likeness (QED) is 0.0887. The van der Waals surface area contributed by atoms with Crippen LogP contribution in [0.2, 0.25) is 10.0 Å². The van der Waals surface area contributed by atoms with E-state index in [9.17, 15) is 10.1 Å². The monoisotopic (exact) mass is 602 g/mol. The van der Waals surface area contributed by atoms with E-state index in [0.29, 0.717) is 46.3 Å². The number of hydrogen-bond acceptors (Lipinski definition) is 8. The van der Waals surface area contributed by atoms with Gasteiger partial charge in [-0.2, -0.15) is 0 Å². The van der Waals surface area contributed by atoms with Crippen LogP contribution in [0.3, 0.4) is 0 Å². The summed E-state index contributed by atoms with van der Waals surface area (Å²) in [4.78, 5) is 11.4. The van der Waals surface area contributed by atoms with Gasteiger partial charge in [0, 0.05) is 15.6 Å². The molecule has 210 valence electrons. The molecule has 40 heavy (non-hydrogen) atoms. The van der Waals surface area contributed by atoms with Gasteiger partial charge in [-0.15, -0.1) is 10.2 Å². The summed E-state index contributed by atoms with van der Waals surface area (Å²) in [6, 6.07) is 18.2. The van der Waals surface area contributed by atoms with E-state index in [1.54, 1.807) is 24.3 Å². The summed E-state index contributed by atoms with van der Waals surface area (Å²) in [7, 11) is 0. The van der Waals surface area contributed by atoms with Gasteiger partial charge in [0.25, 0.3) is 0 Å². The topological polar surface area (TPSA) is 102 Å². The Hall–Kier alpha value is -3.47. The van der Waals surface area contributed by atoms with Crippen LogP contribution in [-0.2, 0) is 6.61 Å². The fourth-order valence-electron chi connectivity index (χ4n) is 3.96. The number of nitrogens with zero attached hydrogens (tertiary/aromatic N) is 4. The van der Waals surface area contributed by atoms with Gasteiger partial charge in [-0.3, -0.25) is 14.7 Å². The van der Waals surface area contributed by atoms with Crippen LogP contribution in [0.15, 0.2) is 65.8 Å². The van der Waals surface area contributed by atoms with Crippen molar-refractivity contribution in [1.82, 2.24) is 14.8 Å². The maximum absolute atomic E-state index is 11.7. The fourth-order valence-corrected chi connectivity index (χ4v) is 5.51. The molecule has 0 aliphatic carbocycles. The zero-order valence-electron chi connectivity index (χ0n) is 22.2. The smallest absolute Gasteiger partial charge is 0.220 e. The molecule has 1 aromatic heterocycles. The summed E-state index contributed by atoms with van der Waals surface area (Å²) < 4.78 is 19.2. The average Bonchev–Trinajstić information content (AvgIpc) is 3.29. The van der Waals surface area contributed by atoms with E-state index in [-0.39, 0.29) is 23.1 Å². The normalized spacial score (nSPS) is 11.7. The highest BCUT2D eigenvalue weighted by Gasteiger charge is 2.26. The van der Waals surface area contributed by atoms with Crippen molar-refractivity contribution in [3.63, 3.8) is 0 Å². The number of thioether (sulfide) groups is 1. The van der Waals surface area contributed by atoms with Crippen LogP contribution in [0, 0.1) is 17.0 Å². The Bertz CT molecular complexity index is 1450. The Morgan fingerprint density at radius 3 is 2.33 bits per heavy atom. The van der Waals surface area contributed by atoms with Crippen molar-refractivity contribution in [3.8, 4) is 22.9 Å². The molecule has 1 heterocycles. The predicted octanol–water partition coefficient (Wildman–Crippen LogP) is 7.37. The van der Waals surface area contributed by atoms with Gasteiger partial charge in [-0.1, -0.05) is 47.1 Å². The Balaban J connectivity index is 1.64. The third-order valence-electron chi connectivity index (χ3n) is 5.76. The number of benzene rings is 3. The summed E-state index contributed by atoms with van der Waals surface area (Å²) in [5, 5.41) is 21.0. The van der Waals surface area contributed by atoms with Crippen molar-refractivity contribution in [2.45, 2.75) is 37.8 Å². The molecule has 12 heteroatoms. The highest BCUT2D eigenvalue weighted by molar-refractivity contribution is 7.99. The van der Waals surface area contributed by atoms with Crippen LogP contribution in [0.1, 0.15) is 36.0 Å². The molecular formula is C28H28Cl2N4O5S. The molecule has 0 spiro atoms. The van der Waals surface area contributed by atoms with Gasteiger partial charge in [0.2, 0.25) is 6.54 Å². The number of halogens is 2. The molecule has 0 unspecified atom stereocenters. The van der Waals surface area contributed by atoms with E-state index in [1.807, 2.05) is 61.7 Å². The van der Waals surface area contributed by atoms with Crippen molar-refractivity contribution in [3.05, 3.63) is 97.8 Å². The SMILES string of the molecule is CCOc1ccc(-n2c(C)nnc2S[C@H](C[N+](=O)[O-])c2cc(Cl)c(OCc3ccc(Cl)cc3)c(OCC)c2)cc1. The van der Waals surface area contributed by atoms with Crippen LogP contribution in [0.5, 0.6) is 17.2 Å². The highest BCUT2D eigenvalue weighted by atomic mass is 35.5. The van der Waals surface area contributed by atoms with Crippen LogP contribution < -0.4 is 14.2 Å². The van der Waals surface area contributed by atoms with Crippen molar-refractivity contribution in [2.75, 3.05) is 19.8 Å². The first kappa shape index (κ1) is 29.5. The third-order valence-corrected chi connectivity index (χ3v) is 7.48. The molecule has 9 nitrogen and oxygen atoms in total. The number of hydrogen-bond donors (Lipinski definition) is 0. The van der Waals surface area contributed by atoms with E-state index in [0.717, 1.165) is 17.0 Å². The minimum Gasteiger partial charge on any atom is -0.494 e. The number of ether oxygens (including phenoxy) is 3. The van der Waals surface area contributed by atoms with Gasteiger partial charge in [-0.05, 0) is 80.4 Å². The van der Waals surface area contributed by atoms with Crippen LogP contribution in [0.4, 0.5) is 0 Å². The molecule has 3 aromatic carbocycles. The van der Waals surface area contributed by atoms with E-state index in [2.05, 4.69) is 10.2 Å². The second kappa shape index (κ2) is 13.7. The van der Waals surface area contributed by atoms with Crippen molar-refractivity contribution in [1.29, 1.82) is 0 Å². The molecule has 0 N–H and O–H groups in total. The minimum atomic E-state index is -0.637. The first-order valence-electron chi connectivity index (χ1n) is 12.6. The molecule has 0 radical (unpaired) electrons. The molecule has 4 rings (SSSR count). The molecule has 0 saturated heterocycles. The Kier molecular flexibility index (Phi) is 10.1. The van der Waals surface area contributed by atoms with Gasteiger partial charge in [0.05, 0.1) is 18.2 Å². The van der Waals surface area contributed by atoms with Crippen molar-refractivity contribution in [2.24, 2.45) is 0 Å². The first-order valence-corrected chi connectivity index (χ1v) is 14.2. The third kappa shape index (κ3) is 7.38. The highest BCUT2D eigenvalue weighted by Crippen LogP contribution is 2.43. The fraction of sp³-hybridized carbons (Fsp3) is 0.286. The Morgan fingerprint density at radius 2 is 1.68 bits per heavy atom. The lowest BCUT2D eigenvalue weighted by molar-refractivity contribution is -0.479. The molecule has 0 bridgehead atoms. The maximum Gasteiger partial charge on any atom is 0.220 e. The van der Waals surface area contributed by atoms with E-state index < -0.39 is 5.25 Å². The molecule has 1 atom stereocenters. The first-order chi connectivity index (χ1) is 19.3. The Morgan fingerprint density at radius 1 is 0.975 bits per heavy atom. The molecule has 0 amide bonds. The Labute approximate surface area is 246 Å². The number of aryl methyl sites for hydroxylation is 1. The molecule has 0 fully saturated rings. The van der Waals surface area contributed by atoms with E-state index >= 15 is 0 Å². The molecule has 0 saturated carbocycles. The zero-order chi connectivity index (χ0) is 28.6. The van der Waals surface area contributed by atoms with Gasteiger partial charge in [0.15, 0.2) is 16.7 Å². The number of rotatable bonds is 13. The average molecular weight is 604 g/mol. The maximum atomic E-state index is 11.7. The van der Waals surface area contributed by atoms with Gasteiger partial charge >= 0.3 is 0 Å². The molecule has 4 aromatic rings. The van der Waals surface area contributed by atoms with E-state index in [4.69, 9.17) is 37.4 Å². The van der Waals surface area contributed by atoms with Crippen LogP contribution in [-0.4, -0.2) is 39.4 Å². The summed E-state index contributed by atoms with van der Waals surface area (Å²) in [5.41, 5.74) is 2.32. The standard InChI is InChI=1S/C28H28Cl2N4O5S/c1-4-37-23-12-10-22(11-13-23)34-18(3)31-32-28(34)40-26(16-33(35)36)20-14-24(30)27(25(15-20)38-5-2)39-17-19-6-8-21(29)9-7-19/h6-15,26H,4-5,16-17H2,1-3H3/t26-/m1/s1. The molecular weight excluding hydrogens is 575 g/mol. The summed E-state index contributed by atoms with van der Waals surface area (Å²) in [6.45, 7) is 6.38. The predicted molar refractivity (Wildman–Crippen MR) is 156 cm³/mol. The van der Waals surface area contributed by atoms with Crippen LogP contribution >= 0.6 is 35.0 Å². The van der Waals surface area contributed by atoms with Crippen molar-refractivity contribution < 1.29 is 19.1 Å². The van der Waals surface area contributed by atoms with Gasteiger partial charge < -0.3 is 14.2 Å². The summed E-state index contributed by atoms with van der Waals surface area (Å²) in [5.74, 6) is 2.15. The second-order valence-electron chi connectivity index (χ2n) is 8.59. The second-order valence-corrected chi connectivity index (χ2v) is 10.6. The molecule has 0 aliphatic rings. The largest absolute Gasteiger partial charge is 0.494 e. The van der Waals surface area contributed by atoms with Gasteiger partial charge in [0.1, 0.15) is 23.4 Å². The summed E-state index contributed by atoms with van der Waals surface area (Å²) >= 11 is 13.9. The lowest BCUT2D eigenvalue weighted by atomic mass is 10.1. The van der Waals surface area contributed by atoms with Crippen molar-refractivity contribution >= 4 is 35.0 Å². The van der Waals surface area contributed by atoms with Crippen LogP contribution in [0.25, 0.3) is 5.69 Å². The lowest BCUT2D eigenvalue weighted by Crippen LogP contribution is -2.12. The van der Waals surface area contributed by atoms with E-state index in [1.165, 1.54) is 11.8 Å². The number of nitro groups is 1. The number of aromatic nitrogens is 3. The zero-order valence-corrected chi connectivity index (χ0v) is 24.5. The van der Waals surface area contributed by atoms with Gasteiger partial charge in [-0.25, -0.2) is 0 Å².